The number of likely N-dealkylation sites (N-methyl/N-ethyl adjacent to an activating group) is 1. The van der Waals surface area contributed by atoms with Gasteiger partial charge in [0.05, 0.1) is 0 Å². The highest BCUT2D eigenvalue weighted by atomic mass is 16.2. The van der Waals surface area contributed by atoms with E-state index in [-0.39, 0.29) is 11.9 Å². The summed E-state index contributed by atoms with van der Waals surface area (Å²) in [5.74, 6) is 0.0227. The van der Waals surface area contributed by atoms with Crippen LogP contribution in [0.15, 0.2) is 72.8 Å². The van der Waals surface area contributed by atoms with E-state index in [1.807, 2.05) is 61.3 Å². The molecule has 0 heterocycles. The smallest absolute Gasteiger partial charge is 0.242 e. The van der Waals surface area contributed by atoms with Gasteiger partial charge in [-0.1, -0.05) is 60.7 Å². The summed E-state index contributed by atoms with van der Waals surface area (Å²) in [7, 11) is 1.96. The molecule has 0 aliphatic carbocycles. The number of nitrogens with one attached hydrogen (secondary N) is 1. The van der Waals surface area contributed by atoms with Crippen LogP contribution in [-0.2, 0) is 11.3 Å². The normalized spacial score (nSPS) is 11.9. The fraction of sp³-hybridized carbons (Fsp3) is 0.190. The molecule has 1 N–H and O–H groups in total. The lowest BCUT2D eigenvalue weighted by molar-refractivity contribution is -0.122. The number of carbonyl (C=O) groups excluding carboxylic acids is 1. The molecule has 3 aromatic rings. The van der Waals surface area contributed by atoms with Gasteiger partial charge in [-0.25, -0.2) is 0 Å². The summed E-state index contributed by atoms with van der Waals surface area (Å²) in [6.07, 6.45) is 0. The van der Waals surface area contributed by atoms with Gasteiger partial charge in [0.25, 0.3) is 0 Å². The van der Waals surface area contributed by atoms with Crippen molar-refractivity contribution in [1.82, 2.24) is 5.32 Å². The molecule has 0 radical (unpaired) electrons. The van der Waals surface area contributed by atoms with Crippen LogP contribution in [0.25, 0.3) is 10.8 Å². The van der Waals surface area contributed by atoms with Crippen LogP contribution in [0.2, 0.25) is 0 Å². The molecule has 1 atom stereocenters. The van der Waals surface area contributed by atoms with Gasteiger partial charge in [0.1, 0.15) is 6.04 Å². The topological polar surface area (TPSA) is 32.3 Å². The highest BCUT2D eigenvalue weighted by Crippen LogP contribution is 2.22. The number of hydrogen-bond acceptors (Lipinski definition) is 2. The number of fused-ring (bicyclic) bond motifs is 1. The Kier molecular flexibility index (Phi) is 4.80. The second-order valence-electron chi connectivity index (χ2n) is 6.02. The SMILES string of the molecule is C[C@H](C(=O)NCc1ccccc1)N(C)c1ccc2ccccc2c1. The Morgan fingerprint density at radius 1 is 0.958 bits per heavy atom. The predicted molar refractivity (Wildman–Crippen MR) is 100 cm³/mol. The molecule has 122 valence electrons. The summed E-state index contributed by atoms with van der Waals surface area (Å²) in [6.45, 7) is 2.48. The lowest BCUT2D eigenvalue weighted by atomic mass is 10.1. The van der Waals surface area contributed by atoms with Crippen molar-refractivity contribution in [3.8, 4) is 0 Å². The highest BCUT2D eigenvalue weighted by Gasteiger charge is 2.18. The standard InChI is InChI=1S/C21H22N2O/c1-16(21(24)22-15-17-8-4-3-5-9-17)23(2)20-13-12-18-10-6-7-11-19(18)14-20/h3-14,16H,15H2,1-2H3,(H,22,24)/t16-/m1/s1. The summed E-state index contributed by atoms with van der Waals surface area (Å²) in [4.78, 5) is 14.4. The van der Waals surface area contributed by atoms with E-state index in [2.05, 4.69) is 35.6 Å². The number of hydrogen-bond donors (Lipinski definition) is 1. The molecular formula is C21H22N2O. The van der Waals surface area contributed by atoms with Gasteiger partial charge in [-0.2, -0.15) is 0 Å². The van der Waals surface area contributed by atoms with Crippen LogP contribution < -0.4 is 10.2 Å². The first kappa shape index (κ1) is 16.1. The first-order valence-corrected chi connectivity index (χ1v) is 8.18. The zero-order chi connectivity index (χ0) is 16.9. The summed E-state index contributed by atoms with van der Waals surface area (Å²) in [5.41, 5.74) is 2.14. The molecule has 0 saturated carbocycles. The van der Waals surface area contributed by atoms with Crippen molar-refractivity contribution in [1.29, 1.82) is 0 Å². The van der Waals surface area contributed by atoms with Crippen molar-refractivity contribution < 1.29 is 4.79 Å². The summed E-state index contributed by atoms with van der Waals surface area (Å²) in [6, 6.07) is 24.2. The van der Waals surface area contributed by atoms with Crippen LogP contribution in [-0.4, -0.2) is 19.0 Å². The molecule has 1 amide bonds. The van der Waals surface area contributed by atoms with Gasteiger partial charge < -0.3 is 10.2 Å². The van der Waals surface area contributed by atoms with E-state index >= 15 is 0 Å². The Bertz CT molecular complexity index is 829. The fourth-order valence-electron chi connectivity index (χ4n) is 2.73. The molecule has 0 bridgehead atoms. The number of benzene rings is 3. The maximum absolute atomic E-state index is 12.4. The van der Waals surface area contributed by atoms with Crippen LogP contribution in [0.1, 0.15) is 12.5 Å². The van der Waals surface area contributed by atoms with E-state index in [4.69, 9.17) is 0 Å². The molecule has 3 aromatic carbocycles. The van der Waals surface area contributed by atoms with Crippen molar-refractivity contribution in [2.45, 2.75) is 19.5 Å². The monoisotopic (exact) mass is 318 g/mol. The lowest BCUT2D eigenvalue weighted by Crippen LogP contribution is -2.43. The number of anilines is 1. The van der Waals surface area contributed by atoms with Crippen molar-refractivity contribution in [3.05, 3.63) is 78.4 Å². The Morgan fingerprint density at radius 2 is 1.62 bits per heavy atom. The third kappa shape index (κ3) is 3.57. The molecule has 0 aliphatic heterocycles. The van der Waals surface area contributed by atoms with E-state index in [9.17, 15) is 4.79 Å². The van der Waals surface area contributed by atoms with Gasteiger partial charge in [-0.05, 0) is 35.4 Å². The van der Waals surface area contributed by atoms with Crippen LogP contribution in [0.4, 0.5) is 5.69 Å². The zero-order valence-corrected chi connectivity index (χ0v) is 14.1. The van der Waals surface area contributed by atoms with Crippen LogP contribution in [0.3, 0.4) is 0 Å². The van der Waals surface area contributed by atoms with E-state index < -0.39 is 0 Å². The van der Waals surface area contributed by atoms with Crippen LogP contribution in [0.5, 0.6) is 0 Å². The lowest BCUT2D eigenvalue weighted by Gasteiger charge is -2.26. The fourth-order valence-corrected chi connectivity index (χ4v) is 2.73. The molecule has 0 spiro atoms. The maximum atomic E-state index is 12.4. The summed E-state index contributed by atoms with van der Waals surface area (Å²) < 4.78 is 0. The Morgan fingerprint density at radius 3 is 2.38 bits per heavy atom. The molecule has 3 rings (SSSR count). The summed E-state index contributed by atoms with van der Waals surface area (Å²) in [5, 5.41) is 5.39. The van der Waals surface area contributed by atoms with Gasteiger partial charge in [-0.3, -0.25) is 4.79 Å². The number of nitrogens with zero attached hydrogens (tertiary/aromatic N) is 1. The van der Waals surface area contributed by atoms with E-state index in [0.29, 0.717) is 6.54 Å². The molecule has 0 aliphatic rings. The Balaban J connectivity index is 1.68. The second kappa shape index (κ2) is 7.18. The third-order valence-corrected chi connectivity index (χ3v) is 4.41. The van der Waals surface area contributed by atoms with E-state index in [1.165, 1.54) is 10.8 Å². The first-order chi connectivity index (χ1) is 11.6. The van der Waals surface area contributed by atoms with Gasteiger partial charge in [-0.15, -0.1) is 0 Å². The minimum Gasteiger partial charge on any atom is -0.363 e. The zero-order valence-electron chi connectivity index (χ0n) is 14.1. The quantitative estimate of drug-likeness (QED) is 0.772. The first-order valence-electron chi connectivity index (χ1n) is 8.18. The molecule has 0 unspecified atom stereocenters. The van der Waals surface area contributed by atoms with E-state index in [0.717, 1.165) is 11.3 Å². The van der Waals surface area contributed by atoms with Crippen LogP contribution >= 0.6 is 0 Å². The van der Waals surface area contributed by atoms with Crippen molar-refractivity contribution in [2.24, 2.45) is 0 Å². The average Bonchev–Trinajstić information content (AvgIpc) is 2.65. The van der Waals surface area contributed by atoms with Gasteiger partial charge in [0.2, 0.25) is 5.91 Å². The number of amides is 1. The summed E-state index contributed by atoms with van der Waals surface area (Å²) >= 11 is 0. The minimum absolute atomic E-state index is 0.0227. The van der Waals surface area contributed by atoms with Crippen molar-refractivity contribution in [3.63, 3.8) is 0 Å². The average molecular weight is 318 g/mol. The molecule has 0 fully saturated rings. The highest BCUT2D eigenvalue weighted by molar-refractivity contribution is 5.88. The van der Waals surface area contributed by atoms with Crippen molar-refractivity contribution >= 4 is 22.4 Å². The molecule has 3 heteroatoms. The number of rotatable bonds is 5. The Hall–Kier alpha value is -2.81. The molecular weight excluding hydrogens is 296 g/mol. The minimum atomic E-state index is -0.241. The van der Waals surface area contributed by atoms with E-state index in [1.54, 1.807) is 0 Å². The van der Waals surface area contributed by atoms with Gasteiger partial charge in [0, 0.05) is 19.3 Å². The van der Waals surface area contributed by atoms with Crippen LogP contribution in [0, 0.1) is 0 Å². The molecule has 0 saturated heterocycles. The molecule has 24 heavy (non-hydrogen) atoms. The third-order valence-electron chi connectivity index (χ3n) is 4.41. The maximum Gasteiger partial charge on any atom is 0.242 e. The van der Waals surface area contributed by atoms with Crippen molar-refractivity contribution in [2.75, 3.05) is 11.9 Å². The predicted octanol–water partition coefficient (Wildman–Crippen LogP) is 3.98. The largest absolute Gasteiger partial charge is 0.363 e. The molecule has 0 aromatic heterocycles. The molecule has 3 nitrogen and oxygen atoms in total. The van der Waals surface area contributed by atoms with Gasteiger partial charge in [0.15, 0.2) is 0 Å². The van der Waals surface area contributed by atoms with Gasteiger partial charge >= 0.3 is 0 Å². The number of carbonyl (C=O) groups is 1. The second-order valence-corrected chi connectivity index (χ2v) is 6.02. The Labute approximate surface area is 142 Å².